The molecule has 0 unspecified atom stereocenters. The SMILES string of the molecule is CCOc1cc(C)cc2ncnc(Nc3ccccc3)c12. The van der Waals surface area contributed by atoms with Crippen molar-refractivity contribution in [1.29, 1.82) is 0 Å². The van der Waals surface area contributed by atoms with Gasteiger partial charge < -0.3 is 10.1 Å². The van der Waals surface area contributed by atoms with E-state index < -0.39 is 0 Å². The Morgan fingerprint density at radius 2 is 1.90 bits per heavy atom. The number of nitrogens with one attached hydrogen (secondary N) is 1. The Morgan fingerprint density at radius 1 is 1.10 bits per heavy atom. The van der Waals surface area contributed by atoms with Gasteiger partial charge in [0.2, 0.25) is 0 Å². The molecule has 0 aliphatic carbocycles. The molecule has 0 fully saturated rings. The molecular weight excluding hydrogens is 262 g/mol. The highest BCUT2D eigenvalue weighted by molar-refractivity contribution is 5.96. The molecular formula is C17H17N3O. The second kappa shape index (κ2) is 5.79. The summed E-state index contributed by atoms with van der Waals surface area (Å²) in [6.45, 7) is 4.62. The van der Waals surface area contributed by atoms with Crippen LogP contribution in [0.1, 0.15) is 12.5 Å². The van der Waals surface area contributed by atoms with Crippen LogP contribution in [0.5, 0.6) is 5.75 Å². The monoisotopic (exact) mass is 279 g/mol. The van der Waals surface area contributed by atoms with E-state index in [4.69, 9.17) is 4.74 Å². The second-order valence-electron chi connectivity index (χ2n) is 4.80. The summed E-state index contributed by atoms with van der Waals surface area (Å²) < 4.78 is 5.76. The summed E-state index contributed by atoms with van der Waals surface area (Å²) in [5.41, 5.74) is 2.99. The van der Waals surface area contributed by atoms with Crippen LogP contribution in [0.15, 0.2) is 48.8 Å². The van der Waals surface area contributed by atoms with E-state index in [2.05, 4.69) is 15.3 Å². The van der Waals surface area contributed by atoms with E-state index >= 15 is 0 Å². The van der Waals surface area contributed by atoms with Crippen molar-refractivity contribution in [2.75, 3.05) is 11.9 Å². The number of anilines is 2. The van der Waals surface area contributed by atoms with Crippen LogP contribution in [0.25, 0.3) is 10.9 Å². The van der Waals surface area contributed by atoms with Gasteiger partial charge in [-0.25, -0.2) is 9.97 Å². The molecule has 1 aromatic heterocycles. The van der Waals surface area contributed by atoms with Crippen molar-refractivity contribution in [2.45, 2.75) is 13.8 Å². The third kappa shape index (κ3) is 2.79. The van der Waals surface area contributed by atoms with E-state index in [1.54, 1.807) is 6.33 Å². The first-order valence-corrected chi connectivity index (χ1v) is 6.98. The van der Waals surface area contributed by atoms with Crippen molar-refractivity contribution in [3.63, 3.8) is 0 Å². The van der Waals surface area contributed by atoms with Crippen LogP contribution in [-0.4, -0.2) is 16.6 Å². The average Bonchev–Trinajstić information content (AvgIpc) is 2.48. The van der Waals surface area contributed by atoms with Crippen molar-refractivity contribution in [3.05, 3.63) is 54.4 Å². The van der Waals surface area contributed by atoms with Crippen LogP contribution in [0, 0.1) is 6.92 Å². The zero-order valence-electron chi connectivity index (χ0n) is 12.1. The lowest BCUT2D eigenvalue weighted by molar-refractivity contribution is 0.344. The molecule has 4 heteroatoms. The Hall–Kier alpha value is -2.62. The van der Waals surface area contributed by atoms with Gasteiger partial charge in [-0.05, 0) is 43.7 Å². The third-order valence-corrected chi connectivity index (χ3v) is 3.18. The zero-order valence-corrected chi connectivity index (χ0v) is 12.1. The number of hydrogen-bond donors (Lipinski definition) is 1. The van der Waals surface area contributed by atoms with E-state index in [0.717, 1.165) is 33.7 Å². The van der Waals surface area contributed by atoms with Crippen LogP contribution < -0.4 is 10.1 Å². The molecule has 1 N–H and O–H groups in total. The summed E-state index contributed by atoms with van der Waals surface area (Å²) in [6, 6.07) is 14.0. The first kappa shape index (κ1) is 13.4. The van der Waals surface area contributed by atoms with Gasteiger partial charge in [0.05, 0.1) is 17.5 Å². The maximum atomic E-state index is 5.76. The maximum Gasteiger partial charge on any atom is 0.145 e. The van der Waals surface area contributed by atoms with Gasteiger partial charge >= 0.3 is 0 Å². The summed E-state index contributed by atoms with van der Waals surface area (Å²) in [7, 11) is 0. The summed E-state index contributed by atoms with van der Waals surface area (Å²) >= 11 is 0. The number of aromatic nitrogens is 2. The number of benzene rings is 2. The Bertz CT molecular complexity index is 757. The van der Waals surface area contributed by atoms with E-state index in [0.29, 0.717) is 6.61 Å². The Balaban J connectivity index is 2.14. The van der Waals surface area contributed by atoms with Crippen molar-refractivity contribution in [1.82, 2.24) is 9.97 Å². The van der Waals surface area contributed by atoms with Gasteiger partial charge in [0.1, 0.15) is 17.9 Å². The molecule has 0 aliphatic heterocycles. The maximum absolute atomic E-state index is 5.76. The zero-order chi connectivity index (χ0) is 14.7. The van der Waals surface area contributed by atoms with Gasteiger partial charge in [0.15, 0.2) is 0 Å². The molecule has 3 rings (SSSR count). The summed E-state index contributed by atoms with van der Waals surface area (Å²) in [5.74, 6) is 1.57. The molecule has 4 nitrogen and oxygen atoms in total. The molecule has 3 aromatic rings. The fraction of sp³-hybridized carbons (Fsp3) is 0.176. The van der Waals surface area contributed by atoms with Gasteiger partial charge in [-0.2, -0.15) is 0 Å². The van der Waals surface area contributed by atoms with Crippen LogP contribution in [0.4, 0.5) is 11.5 Å². The number of para-hydroxylation sites is 1. The van der Waals surface area contributed by atoms with Crippen LogP contribution in [-0.2, 0) is 0 Å². The standard InChI is InChI=1S/C17H17N3O/c1-3-21-15-10-12(2)9-14-16(15)17(19-11-18-14)20-13-7-5-4-6-8-13/h4-11H,3H2,1-2H3,(H,18,19,20). The topological polar surface area (TPSA) is 47.0 Å². The molecule has 21 heavy (non-hydrogen) atoms. The molecule has 2 aromatic carbocycles. The fourth-order valence-electron chi connectivity index (χ4n) is 2.31. The lowest BCUT2D eigenvalue weighted by Crippen LogP contribution is -2.00. The smallest absolute Gasteiger partial charge is 0.145 e. The van der Waals surface area contributed by atoms with Crippen molar-refractivity contribution in [3.8, 4) is 5.75 Å². The van der Waals surface area contributed by atoms with Crippen molar-refractivity contribution in [2.24, 2.45) is 0 Å². The normalized spacial score (nSPS) is 10.6. The van der Waals surface area contributed by atoms with Crippen LogP contribution in [0.3, 0.4) is 0 Å². The van der Waals surface area contributed by atoms with Gasteiger partial charge in [0, 0.05) is 5.69 Å². The Kier molecular flexibility index (Phi) is 3.69. The van der Waals surface area contributed by atoms with Crippen LogP contribution in [0.2, 0.25) is 0 Å². The minimum Gasteiger partial charge on any atom is -0.493 e. The number of rotatable bonds is 4. The van der Waals surface area contributed by atoms with Gasteiger partial charge in [-0.3, -0.25) is 0 Å². The van der Waals surface area contributed by atoms with E-state index in [1.165, 1.54) is 0 Å². The molecule has 0 amide bonds. The molecule has 0 spiro atoms. The minimum absolute atomic E-state index is 0.609. The van der Waals surface area contributed by atoms with Crippen molar-refractivity contribution < 1.29 is 4.74 Å². The first-order chi connectivity index (χ1) is 10.3. The van der Waals surface area contributed by atoms with Gasteiger partial charge in [-0.15, -0.1) is 0 Å². The fourth-order valence-corrected chi connectivity index (χ4v) is 2.31. The average molecular weight is 279 g/mol. The lowest BCUT2D eigenvalue weighted by Gasteiger charge is -2.13. The number of ether oxygens (including phenoxy) is 1. The number of fused-ring (bicyclic) bond motifs is 1. The van der Waals surface area contributed by atoms with Gasteiger partial charge in [0.25, 0.3) is 0 Å². The molecule has 0 radical (unpaired) electrons. The van der Waals surface area contributed by atoms with E-state index in [-0.39, 0.29) is 0 Å². The summed E-state index contributed by atoms with van der Waals surface area (Å²) in [4.78, 5) is 8.73. The third-order valence-electron chi connectivity index (χ3n) is 3.18. The molecule has 0 aliphatic rings. The minimum atomic E-state index is 0.609. The van der Waals surface area contributed by atoms with E-state index in [1.807, 2.05) is 56.3 Å². The lowest BCUT2D eigenvalue weighted by atomic mass is 10.1. The molecule has 0 bridgehead atoms. The molecule has 0 saturated carbocycles. The quantitative estimate of drug-likeness (QED) is 0.781. The largest absolute Gasteiger partial charge is 0.493 e. The van der Waals surface area contributed by atoms with Crippen molar-refractivity contribution >= 4 is 22.4 Å². The molecule has 1 heterocycles. The Labute approximate surface area is 123 Å². The highest BCUT2D eigenvalue weighted by Crippen LogP contribution is 2.32. The Morgan fingerprint density at radius 3 is 2.67 bits per heavy atom. The molecule has 0 saturated heterocycles. The highest BCUT2D eigenvalue weighted by Gasteiger charge is 2.11. The first-order valence-electron chi connectivity index (χ1n) is 6.98. The number of hydrogen-bond acceptors (Lipinski definition) is 4. The van der Waals surface area contributed by atoms with E-state index in [9.17, 15) is 0 Å². The molecule has 0 atom stereocenters. The van der Waals surface area contributed by atoms with Crippen LogP contribution >= 0.6 is 0 Å². The summed E-state index contributed by atoms with van der Waals surface area (Å²) in [6.07, 6.45) is 1.57. The predicted molar refractivity (Wildman–Crippen MR) is 85.2 cm³/mol. The highest BCUT2D eigenvalue weighted by atomic mass is 16.5. The number of nitrogens with zero attached hydrogens (tertiary/aromatic N) is 2. The summed E-state index contributed by atoms with van der Waals surface area (Å²) in [5, 5.41) is 4.24. The number of aryl methyl sites for hydroxylation is 1. The predicted octanol–water partition coefficient (Wildman–Crippen LogP) is 4.08. The van der Waals surface area contributed by atoms with Gasteiger partial charge in [-0.1, -0.05) is 18.2 Å². The second-order valence-corrected chi connectivity index (χ2v) is 4.80. The molecule has 106 valence electrons.